The Morgan fingerprint density at radius 3 is 1.97 bits per heavy atom. The molecule has 4 aromatic carbocycles. The minimum Gasteiger partial charge on any atom is -0.478 e. The average molecular weight is 405 g/mol. The zero-order chi connectivity index (χ0) is 21.4. The van der Waals surface area contributed by atoms with E-state index in [0.29, 0.717) is 16.7 Å². The Kier molecular flexibility index (Phi) is 4.60. The van der Waals surface area contributed by atoms with Crippen molar-refractivity contribution in [2.45, 2.75) is 6.42 Å². The van der Waals surface area contributed by atoms with Gasteiger partial charge in [0.1, 0.15) is 0 Å². The molecular weight excluding hydrogens is 386 g/mol. The molecule has 0 heterocycles. The van der Waals surface area contributed by atoms with Gasteiger partial charge in [-0.3, -0.25) is 4.79 Å². The van der Waals surface area contributed by atoms with E-state index in [1.54, 1.807) is 48.5 Å². The lowest BCUT2D eigenvalue weighted by molar-refractivity contribution is 0.0697. The number of rotatable bonds is 4. The van der Waals surface area contributed by atoms with Crippen molar-refractivity contribution in [3.05, 3.63) is 113 Å². The van der Waals surface area contributed by atoms with Crippen LogP contribution in [0.15, 0.2) is 91.0 Å². The van der Waals surface area contributed by atoms with Gasteiger partial charge in [0.2, 0.25) is 0 Å². The summed E-state index contributed by atoms with van der Waals surface area (Å²) >= 11 is 0. The van der Waals surface area contributed by atoms with Gasteiger partial charge in [0.25, 0.3) is 5.91 Å². The minimum absolute atomic E-state index is 0.164. The summed E-state index contributed by atoms with van der Waals surface area (Å²) < 4.78 is 0. The molecule has 0 radical (unpaired) electrons. The van der Waals surface area contributed by atoms with Gasteiger partial charge in [-0.25, -0.2) is 4.79 Å². The summed E-state index contributed by atoms with van der Waals surface area (Å²) in [5, 5.41) is 12.7. The van der Waals surface area contributed by atoms with Gasteiger partial charge in [0.05, 0.1) is 5.56 Å². The van der Waals surface area contributed by atoms with Crippen LogP contribution in [0.25, 0.3) is 22.3 Å². The lowest BCUT2D eigenvalue weighted by atomic mass is 9.94. The van der Waals surface area contributed by atoms with Crippen molar-refractivity contribution in [1.29, 1.82) is 0 Å². The molecule has 4 nitrogen and oxygen atoms in total. The molecule has 1 aliphatic rings. The molecule has 0 bridgehead atoms. The zero-order valence-corrected chi connectivity index (χ0v) is 16.6. The smallest absolute Gasteiger partial charge is 0.336 e. The van der Waals surface area contributed by atoms with Crippen LogP contribution in [0.1, 0.15) is 31.8 Å². The molecule has 2 N–H and O–H groups in total. The van der Waals surface area contributed by atoms with Crippen molar-refractivity contribution in [2.24, 2.45) is 0 Å². The summed E-state index contributed by atoms with van der Waals surface area (Å²) in [5.74, 6) is -1.29. The first-order chi connectivity index (χ1) is 15.1. The molecule has 0 saturated carbocycles. The number of benzene rings is 4. The fourth-order valence-corrected chi connectivity index (χ4v) is 4.30. The molecule has 0 unspecified atom stereocenters. The lowest BCUT2D eigenvalue weighted by Crippen LogP contribution is -2.14. The van der Waals surface area contributed by atoms with Gasteiger partial charge in [-0.05, 0) is 52.4 Å². The van der Waals surface area contributed by atoms with Crippen LogP contribution in [0.3, 0.4) is 0 Å². The molecule has 5 rings (SSSR count). The Morgan fingerprint density at radius 1 is 0.645 bits per heavy atom. The maximum Gasteiger partial charge on any atom is 0.336 e. The Labute approximate surface area is 179 Å². The number of anilines is 1. The minimum atomic E-state index is -1.02. The summed E-state index contributed by atoms with van der Waals surface area (Å²) in [6, 6.07) is 28.0. The van der Waals surface area contributed by atoms with Crippen LogP contribution in [0.2, 0.25) is 0 Å². The van der Waals surface area contributed by atoms with E-state index >= 15 is 0 Å². The van der Waals surface area contributed by atoms with Gasteiger partial charge in [0.15, 0.2) is 0 Å². The third-order valence-corrected chi connectivity index (χ3v) is 5.69. The number of carboxylic acids is 1. The van der Waals surface area contributed by atoms with E-state index in [4.69, 9.17) is 0 Å². The topological polar surface area (TPSA) is 66.4 Å². The largest absolute Gasteiger partial charge is 0.478 e. The normalized spacial score (nSPS) is 11.5. The second-order valence-electron chi connectivity index (χ2n) is 7.52. The molecule has 0 fully saturated rings. The highest BCUT2D eigenvalue weighted by molar-refractivity contribution is 6.12. The Hall–Kier alpha value is -4.18. The summed E-state index contributed by atoms with van der Waals surface area (Å²) in [6.07, 6.45) is 0.845. The van der Waals surface area contributed by atoms with Crippen LogP contribution in [-0.2, 0) is 6.42 Å². The number of amides is 1. The second-order valence-corrected chi connectivity index (χ2v) is 7.52. The van der Waals surface area contributed by atoms with Crippen LogP contribution in [0.5, 0.6) is 0 Å². The third-order valence-electron chi connectivity index (χ3n) is 5.69. The van der Waals surface area contributed by atoms with E-state index in [9.17, 15) is 14.7 Å². The number of hydrogen-bond donors (Lipinski definition) is 2. The molecule has 0 aromatic heterocycles. The van der Waals surface area contributed by atoms with Crippen molar-refractivity contribution in [1.82, 2.24) is 0 Å². The van der Waals surface area contributed by atoms with Crippen molar-refractivity contribution in [3.63, 3.8) is 0 Å². The van der Waals surface area contributed by atoms with Crippen LogP contribution in [-0.4, -0.2) is 17.0 Å². The number of carboxylic acid groups (broad SMARTS) is 1. The SMILES string of the molecule is O=C(O)c1ccccc1-c1ccccc1C(=O)Nc1cccc2c1-c1ccccc1C2. The van der Waals surface area contributed by atoms with E-state index in [0.717, 1.165) is 23.2 Å². The molecule has 0 aliphatic heterocycles. The molecule has 4 heteroatoms. The average Bonchev–Trinajstić information content (AvgIpc) is 3.18. The fraction of sp³-hybridized carbons (Fsp3) is 0.0370. The number of hydrogen-bond acceptors (Lipinski definition) is 2. The van der Waals surface area contributed by atoms with Crippen LogP contribution >= 0.6 is 0 Å². The van der Waals surface area contributed by atoms with Crippen molar-refractivity contribution >= 4 is 17.6 Å². The molecule has 0 saturated heterocycles. The number of nitrogens with one attached hydrogen (secondary N) is 1. The predicted molar refractivity (Wildman–Crippen MR) is 121 cm³/mol. The fourth-order valence-electron chi connectivity index (χ4n) is 4.30. The molecule has 1 amide bonds. The van der Waals surface area contributed by atoms with Crippen molar-refractivity contribution < 1.29 is 14.7 Å². The number of carbonyl (C=O) groups excluding carboxylic acids is 1. The number of fused-ring (bicyclic) bond motifs is 3. The quantitative estimate of drug-likeness (QED) is 0.393. The zero-order valence-electron chi connectivity index (χ0n) is 16.6. The Morgan fingerprint density at radius 2 is 1.23 bits per heavy atom. The van der Waals surface area contributed by atoms with Gasteiger partial charge in [-0.2, -0.15) is 0 Å². The van der Waals surface area contributed by atoms with Gasteiger partial charge < -0.3 is 10.4 Å². The molecular formula is C27H19NO3. The predicted octanol–water partition coefficient (Wildman–Crippen LogP) is 5.88. The molecule has 0 atom stereocenters. The Bertz CT molecular complexity index is 1340. The molecule has 150 valence electrons. The van der Waals surface area contributed by atoms with Crippen LogP contribution in [0, 0.1) is 0 Å². The molecule has 1 aliphatic carbocycles. The van der Waals surface area contributed by atoms with Gasteiger partial charge >= 0.3 is 5.97 Å². The summed E-state index contributed by atoms with van der Waals surface area (Å²) in [7, 11) is 0. The Balaban J connectivity index is 1.56. The van der Waals surface area contributed by atoms with E-state index in [-0.39, 0.29) is 11.5 Å². The van der Waals surface area contributed by atoms with Gasteiger partial charge in [0, 0.05) is 16.8 Å². The maximum atomic E-state index is 13.3. The monoisotopic (exact) mass is 405 g/mol. The molecule has 4 aromatic rings. The maximum absolute atomic E-state index is 13.3. The lowest BCUT2D eigenvalue weighted by Gasteiger charge is -2.14. The molecule has 0 spiro atoms. The van der Waals surface area contributed by atoms with Gasteiger partial charge in [-0.15, -0.1) is 0 Å². The summed E-state index contributed by atoms with van der Waals surface area (Å²) in [5.41, 5.74) is 7.08. The first kappa shape index (κ1) is 18.8. The third kappa shape index (κ3) is 3.28. The van der Waals surface area contributed by atoms with Crippen LogP contribution in [0.4, 0.5) is 5.69 Å². The first-order valence-corrected chi connectivity index (χ1v) is 10.1. The highest BCUT2D eigenvalue weighted by Gasteiger charge is 2.23. The van der Waals surface area contributed by atoms with Crippen molar-refractivity contribution in [2.75, 3.05) is 5.32 Å². The van der Waals surface area contributed by atoms with Crippen LogP contribution < -0.4 is 5.32 Å². The number of carbonyl (C=O) groups is 2. The first-order valence-electron chi connectivity index (χ1n) is 10.1. The second kappa shape index (κ2) is 7.58. The highest BCUT2D eigenvalue weighted by atomic mass is 16.4. The highest BCUT2D eigenvalue weighted by Crippen LogP contribution is 2.41. The van der Waals surface area contributed by atoms with E-state index in [2.05, 4.69) is 23.5 Å². The summed E-state index contributed by atoms with van der Waals surface area (Å²) in [4.78, 5) is 25.1. The number of aromatic carboxylic acids is 1. The van der Waals surface area contributed by atoms with E-state index < -0.39 is 5.97 Å². The standard InChI is InChI=1S/C27H19NO3/c29-26(22-13-5-3-11-20(22)21-12-4-6-14-23(21)27(30)31)28-24-15-7-9-18-16-17-8-1-2-10-19(17)25(18)24/h1-15H,16H2,(H,28,29)(H,30,31). The van der Waals surface area contributed by atoms with Crippen molar-refractivity contribution in [3.8, 4) is 22.3 Å². The van der Waals surface area contributed by atoms with E-state index in [1.165, 1.54) is 11.1 Å². The summed E-state index contributed by atoms with van der Waals surface area (Å²) in [6.45, 7) is 0. The van der Waals surface area contributed by atoms with Gasteiger partial charge in [-0.1, -0.05) is 72.8 Å². The van der Waals surface area contributed by atoms with E-state index in [1.807, 2.05) is 24.3 Å². The molecule has 31 heavy (non-hydrogen) atoms.